The van der Waals surface area contributed by atoms with Crippen LogP contribution in [0.5, 0.6) is 0 Å². The van der Waals surface area contributed by atoms with Crippen LogP contribution in [0.3, 0.4) is 0 Å². The van der Waals surface area contributed by atoms with Gasteiger partial charge in [-0.3, -0.25) is 0 Å². The van der Waals surface area contributed by atoms with Crippen molar-refractivity contribution in [2.45, 2.75) is 210 Å². The molecule has 3 saturated carbocycles. The molecule has 3 aliphatic rings. The Morgan fingerprint density at radius 1 is 0.461 bits per heavy atom. The van der Waals surface area contributed by atoms with Gasteiger partial charge in [0.15, 0.2) is 0 Å². The van der Waals surface area contributed by atoms with Gasteiger partial charge in [-0.15, -0.1) is 26.3 Å². The average molecular weight is 1770 g/mol. The van der Waals surface area contributed by atoms with Crippen molar-refractivity contribution in [2.75, 3.05) is 0 Å². The van der Waals surface area contributed by atoms with Crippen LogP contribution in [0.1, 0.15) is 209 Å². The number of hydrogen-bond acceptors (Lipinski definition) is 7. The van der Waals surface area contributed by atoms with Gasteiger partial charge < -0.3 is 10.0 Å². The summed E-state index contributed by atoms with van der Waals surface area (Å²) in [6, 6.07) is 43.2. The molecule has 6 aromatic rings. The quantitative estimate of drug-likeness (QED) is 0.0307. The van der Waals surface area contributed by atoms with E-state index in [0.29, 0.717) is 28.8 Å². The molecule has 0 aromatic heterocycles. The Labute approximate surface area is 628 Å². The second kappa shape index (κ2) is 45.4. The summed E-state index contributed by atoms with van der Waals surface area (Å²) in [4.78, 5) is -5.89. The molecule has 2 N–H and O–H groups in total. The Kier molecular flexibility index (Phi) is 42.6. The SMILES string of the molecule is C.C.CC#N.CCCC1CCC(c2ccc(-c3ccc(C(F)(F)Br)cc3)cc2)CC1.CCCC1CCC(c2ccc(-c3ccc(C(F)(F)OC(F)(F)F)cc3)cc2)CC1.CCCC1CCC(c2ccc(B(O)O)cc2)CC1.FC(F)(Br)c1ccc(Br)cc1.O=S(=O)(OC(F)(F)F)C(F)(F)F.[F][Ag]. The zero-order valence-electron chi connectivity index (χ0n) is 55.0. The van der Waals surface area contributed by atoms with Crippen molar-refractivity contribution < 1.29 is 118 Å². The van der Waals surface area contributed by atoms with E-state index in [-0.39, 0.29) is 26.0 Å². The van der Waals surface area contributed by atoms with Crippen molar-refractivity contribution in [3.63, 3.8) is 0 Å². The standard InChI is InChI=1S/C23H25F5O.C22H25BrF2.C15H23BO2.C7H4Br2F2.C2F6O3S.C2H3N.2CH4.Ag.FH/c1-2-3-16-4-6-17(7-5-16)18-8-10-19(11-9-18)20-12-14-21(15-13-20)22(24,25)29-23(26,27)28;1-2-3-16-4-6-17(7-5-16)18-8-10-19(11-9-18)20-12-14-21(15-13-20)22(23,24)25;1-2-3-12-4-6-13(7-5-12)14-8-10-15(11-9-14)16(17)18;8-6-3-1-5(2-4-6)7(9,10)11;3-1(4,5)11-12(9,10)2(6,7)8;1-2-3;;;;/h8-17H,2-7H2,1H3;8-17H,2-7H2,1H3;8-13,17-18H,2-7H2,1H3;1-4H;;1H3;2*1H4;;1H/q;;;;;;;;+1;/p-1. The Balaban J connectivity index is 0.000000650. The maximum atomic E-state index is 13.6. The molecule has 0 atom stereocenters. The number of nitriles is 1. The third kappa shape index (κ3) is 34.5. The summed E-state index contributed by atoms with van der Waals surface area (Å²) in [5.74, 6) is 4.60. The van der Waals surface area contributed by atoms with E-state index < -0.39 is 56.8 Å². The first kappa shape index (κ1) is 95.7. The van der Waals surface area contributed by atoms with Crippen LogP contribution in [0.15, 0.2) is 150 Å². The average Bonchev–Trinajstić information content (AvgIpc) is 0.826. The van der Waals surface area contributed by atoms with Gasteiger partial charge in [0.05, 0.1) is 11.6 Å². The normalized spacial score (nSPS) is 18.5. The fourth-order valence-electron chi connectivity index (χ4n) is 12.1. The molecule has 3 aliphatic carbocycles. The van der Waals surface area contributed by atoms with Crippen LogP contribution in [-0.2, 0) is 56.4 Å². The van der Waals surface area contributed by atoms with Crippen LogP contribution in [0.4, 0.5) is 68.9 Å². The van der Waals surface area contributed by atoms with E-state index in [1.807, 2.05) is 28.4 Å². The van der Waals surface area contributed by atoms with E-state index >= 15 is 0 Å². The fourth-order valence-corrected chi connectivity index (χ4v) is 13.3. The molecule has 0 bridgehead atoms. The third-order valence-electron chi connectivity index (χ3n) is 17.1. The molecule has 0 aliphatic heterocycles. The van der Waals surface area contributed by atoms with Crippen molar-refractivity contribution in [2.24, 2.45) is 17.8 Å². The Morgan fingerprint density at radius 2 is 0.716 bits per heavy atom. The van der Waals surface area contributed by atoms with E-state index in [0.717, 1.165) is 51.0 Å². The number of alkyl halides is 17. The monoisotopic (exact) mass is 1770 g/mol. The number of hydrogen-bond donors (Lipinski definition) is 2. The van der Waals surface area contributed by atoms with Crippen molar-refractivity contribution >= 4 is 70.5 Å². The van der Waals surface area contributed by atoms with E-state index in [4.69, 9.17) is 15.3 Å². The molecule has 0 radical (unpaired) electrons. The number of ether oxygens (including phenoxy) is 1. The summed E-state index contributed by atoms with van der Waals surface area (Å²) < 4.78 is 215. The van der Waals surface area contributed by atoms with Crippen LogP contribution in [0, 0.1) is 29.1 Å². The molecule has 6 aromatic carbocycles. The molecule has 3 fully saturated rings. The molecule has 0 amide bonds. The molecular formula is C73H88AgBBr3F16NO6S. The van der Waals surface area contributed by atoms with Crippen LogP contribution in [0.25, 0.3) is 22.3 Å². The zero-order valence-corrected chi connectivity index (χ0v) is 62.0. The van der Waals surface area contributed by atoms with Crippen molar-refractivity contribution in [3.05, 3.63) is 183 Å². The zero-order chi connectivity index (χ0) is 75.3. The molecule has 0 saturated heterocycles. The molecule has 7 nitrogen and oxygen atoms in total. The van der Waals surface area contributed by atoms with Crippen molar-refractivity contribution in [1.82, 2.24) is 0 Å². The van der Waals surface area contributed by atoms with E-state index in [2.05, 4.69) is 122 Å². The molecule has 0 unspecified atom stereocenters. The van der Waals surface area contributed by atoms with Crippen LogP contribution >= 0.6 is 47.8 Å². The summed E-state index contributed by atoms with van der Waals surface area (Å²) >= 11 is 9.27. The summed E-state index contributed by atoms with van der Waals surface area (Å²) in [6.45, 7) is 8.20. The second-order valence-corrected chi connectivity index (χ2v) is 28.6. The van der Waals surface area contributed by atoms with E-state index in [1.54, 1.807) is 30.3 Å². The van der Waals surface area contributed by atoms with E-state index in [1.165, 1.54) is 197 Å². The van der Waals surface area contributed by atoms with Crippen LogP contribution < -0.4 is 5.46 Å². The van der Waals surface area contributed by atoms with Gasteiger partial charge in [-0.05, 0) is 213 Å². The van der Waals surface area contributed by atoms with Gasteiger partial charge in [-0.25, -0.2) is 4.74 Å². The molecule has 0 heterocycles. The van der Waals surface area contributed by atoms with Gasteiger partial charge >= 0.3 is 75.9 Å². The van der Waals surface area contributed by atoms with E-state index in [9.17, 15) is 77.3 Å². The van der Waals surface area contributed by atoms with Crippen LogP contribution in [-0.4, -0.2) is 43.8 Å². The first-order chi connectivity index (χ1) is 46.7. The van der Waals surface area contributed by atoms with Crippen molar-refractivity contribution in [1.29, 1.82) is 5.26 Å². The second-order valence-electron chi connectivity index (χ2n) is 24.2. The summed E-state index contributed by atoms with van der Waals surface area (Å²) in [7, 11) is -7.93. The molecule has 29 heteroatoms. The summed E-state index contributed by atoms with van der Waals surface area (Å²) in [5, 5.41) is 25.5. The van der Waals surface area contributed by atoms with Gasteiger partial charge in [0.1, 0.15) is 0 Å². The minimum absolute atomic E-state index is 0. The van der Waals surface area contributed by atoms with Gasteiger partial charge in [-0.2, -0.15) is 57.4 Å². The fraction of sp³-hybridized carbons (Fsp3) is 0.493. The number of benzene rings is 6. The predicted octanol–water partition coefficient (Wildman–Crippen LogP) is 25.8. The Hall–Kier alpha value is -4.27. The predicted molar refractivity (Wildman–Crippen MR) is 378 cm³/mol. The number of nitrogens with zero attached hydrogens (tertiary/aromatic N) is 1. The topological polar surface area (TPSA) is 117 Å². The van der Waals surface area contributed by atoms with Crippen molar-refractivity contribution in [3.8, 4) is 28.3 Å². The molecule has 102 heavy (non-hydrogen) atoms. The first-order valence-corrected chi connectivity index (χ1v) is 36.5. The third-order valence-corrected chi connectivity index (χ3v) is 19.5. The van der Waals surface area contributed by atoms with Crippen LogP contribution in [0.2, 0.25) is 0 Å². The van der Waals surface area contributed by atoms with Gasteiger partial charge in [0.2, 0.25) is 0 Å². The number of rotatable bonds is 17. The Morgan fingerprint density at radius 3 is 0.941 bits per heavy atom. The maximum absolute atomic E-state index is 13.6. The van der Waals surface area contributed by atoms with Gasteiger partial charge in [-0.1, -0.05) is 211 Å². The number of halogens is 19. The molecule has 9 rings (SSSR count). The minimum atomic E-state index is -6.58. The molecule has 574 valence electrons. The van der Waals surface area contributed by atoms with Gasteiger partial charge in [0.25, 0.3) is 0 Å². The molecular weight excluding hydrogens is 1680 g/mol. The summed E-state index contributed by atoms with van der Waals surface area (Å²) in [6.07, 6.45) is 7.63. The molecule has 0 spiro atoms. The van der Waals surface area contributed by atoms with Gasteiger partial charge in [0, 0.05) is 22.5 Å². The Bertz CT molecular complexity index is 3410. The summed E-state index contributed by atoms with van der Waals surface area (Å²) in [5.41, 5.74) is 1.22. The first-order valence-electron chi connectivity index (χ1n) is 32.2.